The first-order valence-electron chi connectivity index (χ1n) is 8.04. The van der Waals surface area contributed by atoms with Gasteiger partial charge in [0.25, 0.3) is 0 Å². The molecule has 0 unspecified atom stereocenters. The number of aromatic nitrogens is 3. The Morgan fingerprint density at radius 2 is 2.00 bits per heavy atom. The van der Waals surface area contributed by atoms with Crippen molar-refractivity contribution in [2.75, 3.05) is 11.1 Å². The number of rotatable bonds is 6. The Labute approximate surface area is 173 Å². The number of halogens is 3. The van der Waals surface area contributed by atoms with Gasteiger partial charge in [-0.3, -0.25) is 4.79 Å². The summed E-state index contributed by atoms with van der Waals surface area (Å²) in [5, 5.41) is 12.2. The van der Waals surface area contributed by atoms with Crippen molar-refractivity contribution >= 4 is 50.9 Å². The highest BCUT2D eigenvalue weighted by atomic mass is 79.9. The summed E-state index contributed by atoms with van der Waals surface area (Å²) in [6, 6.07) is 11.8. The Bertz CT molecular complexity index is 964. The number of nitrogens with zero attached hydrogens (tertiary/aromatic N) is 3. The van der Waals surface area contributed by atoms with Crippen LogP contribution in [0.5, 0.6) is 0 Å². The average Bonchev–Trinajstić information content (AvgIpc) is 3.06. The molecule has 0 atom stereocenters. The topological polar surface area (TPSA) is 59.8 Å². The molecule has 1 aromatic heterocycles. The minimum atomic E-state index is -0.496. The van der Waals surface area contributed by atoms with Gasteiger partial charge in [-0.15, -0.1) is 10.2 Å². The first kappa shape index (κ1) is 19.9. The van der Waals surface area contributed by atoms with Gasteiger partial charge < -0.3 is 9.88 Å². The van der Waals surface area contributed by atoms with E-state index in [1.807, 2.05) is 23.6 Å². The zero-order chi connectivity index (χ0) is 19.4. The van der Waals surface area contributed by atoms with Gasteiger partial charge >= 0.3 is 0 Å². The number of carbonyl (C=O) groups is 1. The molecule has 0 radical (unpaired) electrons. The molecule has 140 valence electrons. The summed E-state index contributed by atoms with van der Waals surface area (Å²) >= 11 is 10.4. The number of thioether (sulfide) groups is 1. The van der Waals surface area contributed by atoms with Crippen LogP contribution in [0.2, 0.25) is 5.02 Å². The molecule has 3 rings (SSSR count). The van der Waals surface area contributed by atoms with Crippen molar-refractivity contribution in [3.8, 4) is 11.4 Å². The monoisotopic (exact) mass is 468 g/mol. The predicted octanol–water partition coefficient (Wildman–Crippen LogP) is 5.25. The zero-order valence-electron chi connectivity index (χ0n) is 14.2. The number of hydrogen-bond donors (Lipinski definition) is 1. The van der Waals surface area contributed by atoms with Crippen LogP contribution in [0.4, 0.5) is 10.1 Å². The van der Waals surface area contributed by atoms with E-state index < -0.39 is 5.82 Å². The van der Waals surface area contributed by atoms with Gasteiger partial charge in [-0.25, -0.2) is 4.39 Å². The van der Waals surface area contributed by atoms with Gasteiger partial charge in [0.2, 0.25) is 5.91 Å². The summed E-state index contributed by atoms with van der Waals surface area (Å²) in [5.41, 5.74) is 1.03. The number of hydrogen-bond acceptors (Lipinski definition) is 4. The van der Waals surface area contributed by atoms with Crippen LogP contribution in [-0.2, 0) is 11.3 Å². The smallest absolute Gasteiger partial charge is 0.234 e. The average molecular weight is 470 g/mol. The Balaban J connectivity index is 1.69. The third kappa shape index (κ3) is 4.88. The minimum absolute atomic E-state index is 0.0915. The molecule has 27 heavy (non-hydrogen) atoms. The van der Waals surface area contributed by atoms with E-state index in [0.717, 1.165) is 5.56 Å². The van der Waals surface area contributed by atoms with Crippen molar-refractivity contribution in [1.82, 2.24) is 14.8 Å². The summed E-state index contributed by atoms with van der Waals surface area (Å²) in [4.78, 5) is 12.2. The largest absolute Gasteiger partial charge is 0.323 e. The first-order valence-corrected chi connectivity index (χ1v) is 10.2. The van der Waals surface area contributed by atoms with Gasteiger partial charge in [-0.05, 0) is 49.4 Å². The fourth-order valence-corrected chi connectivity index (χ4v) is 3.66. The normalized spacial score (nSPS) is 10.8. The minimum Gasteiger partial charge on any atom is -0.323 e. The second-order valence-electron chi connectivity index (χ2n) is 5.52. The van der Waals surface area contributed by atoms with E-state index in [0.29, 0.717) is 27.0 Å². The molecule has 0 fully saturated rings. The highest BCUT2D eigenvalue weighted by molar-refractivity contribution is 9.10. The molecule has 0 aliphatic rings. The molecule has 1 N–H and O–H groups in total. The van der Waals surface area contributed by atoms with Gasteiger partial charge in [0.1, 0.15) is 5.82 Å². The Morgan fingerprint density at radius 1 is 1.26 bits per heavy atom. The van der Waals surface area contributed by atoms with E-state index >= 15 is 0 Å². The molecule has 0 saturated heterocycles. The number of anilines is 1. The van der Waals surface area contributed by atoms with Crippen LogP contribution < -0.4 is 5.32 Å². The van der Waals surface area contributed by atoms with E-state index in [4.69, 9.17) is 11.6 Å². The maximum Gasteiger partial charge on any atom is 0.234 e. The van der Waals surface area contributed by atoms with E-state index in [2.05, 4.69) is 31.4 Å². The van der Waals surface area contributed by atoms with Crippen molar-refractivity contribution in [2.24, 2.45) is 0 Å². The number of carbonyl (C=O) groups excluding carboxylic acids is 1. The summed E-state index contributed by atoms with van der Waals surface area (Å²) in [5.74, 6) is -0.0192. The van der Waals surface area contributed by atoms with Crippen molar-refractivity contribution < 1.29 is 9.18 Å². The molecular weight excluding hydrogens is 455 g/mol. The summed E-state index contributed by atoms with van der Waals surface area (Å²) < 4.78 is 16.4. The lowest BCUT2D eigenvalue weighted by molar-refractivity contribution is -0.113. The molecule has 5 nitrogen and oxygen atoms in total. The highest BCUT2D eigenvalue weighted by Gasteiger charge is 2.15. The van der Waals surface area contributed by atoms with Gasteiger partial charge in [0.15, 0.2) is 11.0 Å². The lowest BCUT2D eigenvalue weighted by Crippen LogP contribution is -2.15. The second-order valence-corrected chi connectivity index (χ2v) is 7.81. The SMILES string of the molecule is CCn1c(SCC(=O)Nc2ccc(Br)cc2F)nnc1-c1ccc(Cl)cc1. The molecule has 1 amide bonds. The maximum absolute atomic E-state index is 13.8. The van der Waals surface area contributed by atoms with Crippen molar-refractivity contribution in [1.29, 1.82) is 0 Å². The lowest BCUT2D eigenvalue weighted by Gasteiger charge is -2.08. The Morgan fingerprint density at radius 3 is 2.67 bits per heavy atom. The summed E-state index contributed by atoms with van der Waals surface area (Å²) in [6.45, 7) is 2.63. The maximum atomic E-state index is 13.8. The van der Waals surface area contributed by atoms with Crippen LogP contribution >= 0.6 is 39.3 Å². The van der Waals surface area contributed by atoms with Crippen molar-refractivity contribution in [3.63, 3.8) is 0 Å². The Hall–Kier alpha value is -1.90. The predicted molar refractivity (Wildman–Crippen MR) is 110 cm³/mol. The van der Waals surface area contributed by atoms with Crippen LogP contribution in [0, 0.1) is 5.82 Å². The van der Waals surface area contributed by atoms with E-state index in [9.17, 15) is 9.18 Å². The quantitative estimate of drug-likeness (QED) is 0.501. The van der Waals surface area contributed by atoms with Crippen molar-refractivity contribution in [3.05, 3.63) is 57.8 Å². The van der Waals surface area contributed by atoms with Crippen LogP contribution in [-0.4, -0.2) is 26.4 Å². The fourth-order valence-electron chi connectivity index (χ4n) is 2.40. The molecule has 2 aromatic carbocycles. The molecule has 0 spiro atoms. The molecular formula is C18H15BrClFN4OS. The lowest BCUT2D eigenvalue weighted by atomic mass is 10.2. The van der Waals surface area contributed by atoms with Gasteiger partial charge in [0.05, 0.1) is 11.4 Å². The van der Waals surface area contributed by atoms with Crippen LogP contribution in [0.15, 0.2) is 52.1 Å². The summed E-state index contributed by atoms with van der Waals surface area (Å²) in [6.07, 6.45) is 0. The summed E-state index contributed by atoms with van der Waals surface area (Å²) in [7, 11) is 0. The fraction of sp³-hybridized carbons (Fsp3) is 0.167. The third-order valence-electron chi connectivity index (χ3n) is 3.67. The van der Waals surface area contributed by atoms with E-state index in [-0.39, 0.29) is 17.3 Å². The zero-order valence-corrected chi connectivity index (χ0v) is 17.4. The number of benzene rings is 2. The van der Waals surface area contributed by atoms with Crippen LogP contribution in [0.1, 0.15) is 6.92 Å². The Kier molecular flexibility index (Phi) is 6.51. The first-order chi connectivity index (χ1) is 13.0. The van der Waals surface area contributed by atoms with Gasteiger partial charge in [-0.1, -0.05) is 39.3 Å². The van der Waals surface area contributed by atoms with Crippen LogP contribution in [0.3, 0.4) is 0 Å². The molecule has 9 heteroatoms. The van der Waals surface area contributed by atoms with E-state index in [1.165, 1.54) is 23.9 Å². The molecule has 1 heterocycles. The van der Waals surface area contributed by atoms with E-state index in [1.54, 1.807) is 18.2 Å². The standard InChI is InChI=1S/C18H15BrClFN4OS/c1-2-25-17(11-3-6-13(20)7-4-11)23-24-18(25)27-10-16(26)22-15-8-5-12(19)9-14(15)21/h3-9H,2,10H2,1H3,(H,22,26). The molecule has 3 aromatic rings. The number of nitrogens with one attached hydrogen (secondary N) is 1. The molecule has 0 aliphatic heterocycles. The van der Waals surface area contributed by atoms with Gasteiger partial charge in [0, 0.05) is 21.6 Å². The van der Waals surface area contributed by atoms with Crippen molar-refractivity contribution in [2.45, 2.75) is 18.6 Å². The molecule has 0 saturated carbocycles. The highest BCUT2D eigenvalue weighted by Crippen LogP contribution is 2.25. The van der Waals surface area contributed by atoms with Crippen LogP contribution in [0.25, 0.3) is 11.4 Å². The molecule has 0 bridgehead atoms. The third-order valence-corrected chi connectivity index (χ3v) is 5.39. The second kappa shape index (κ2) is 8.86. The molecule has 0 aliphatic carbocycles. The number of amides is 1. The van der Waals surface area contributed by atoms with Gasteiger partial charge in [-0.2, -0.15) is 0 Å².